The van der Waals surface area contributed by atoms with E-state index >= 15 is 0 Å². The van der Waals surface area contributed by atoms with Crippen LogP contribution in [0.5, 0.6) is 11.5 Å². The second kappa shape index (κ2) is 14.0. The molecule has 0 unspecified atom stereocenters. The number of nitrogens with zero attached hydrogens (tertiary/aromatic N) is 2. The van der Waals surface area contributed by atoms with Crippen LogP contribution >= 0.6 is 11.6 Å². The van der Waals surface area contributed by atoms with Gasteiger partial charge in [-0.25, -0.2) is 8.42 Å². The number of para-hydroxylation sites is 1. The zero-order chi connectivity index (χ0) is 31.9. The molecule has 8 nitrogen and oxygen atoms in total. The highest BCUT2D eigenvalue weighted by Crippen LogP contribution is 2.28. The fourth-order valence-electron chi connectivity index (χ4n) is 4.40. The average Bonchev–Trinajstić information content (AvgIpc) is 2.99. The molecule has 2 amide bonds. The normalized spacial score (nSPS) is 12.2. The molecule has 0 saturated carbocycles. The number of amides is 2. The third kappa shape index (κ3) is 8.61. The van der Waals surface area contributed by atoms with Crippen molar-refractivity contribution in [2.75, 3.05) is 10.8 Å². The minimum absolute atomic E-state index is 0.0280. The SMILES string of the molecule is C[C@H](C(=O)NC(C)(C)C)N(Cc1ccc(Cl)cc1)C(=O)CN(c1ccc(Oc2ccccc2)cc1)S(=O)(=O)c1ccccc1. The fourth-order valence-corrected chi connectivity index (χ4v) is 5.96. The van der Waals surface area contributed by atoms with E-state index in [4.69, 9.17) is 16.3 Å². The van der Waals surface area contributed by atoms with Gasteiger partial charge < -0.3 is 15.0 Å². The highest BCUT2D eigenvalue weighted by Gasteiger charge is 2.33. The van der Waals surface area contributed by atoms with E-state index in [0.29, 0.717) is 16.5 Å². The molecular formula is C34H36ClN3O5S. The van der Waals surface area contributed by atoms with Crippen molar-refractivity contribution < 1.29 is 22.7 Å². The second-order valence-electron chi connectivity index (χ2n) is 11.3. The molecule has 44 heavy (non-hydrogen) atoms. The van der Waals surface area contributed by atoms with Crippen LogP contribution in [0.3, 0.4) is 0 Å². The average molecular weight is 634 g/mol. The van der Waals surface area contributed by atoms with Crippen molar-refractivity contribution in [2.24, 2.45) is 0 Å². The number of hydrogen-bond donors (Lipinski definition) is 1. The Labute approximate surface area is 264 Å². The number of sulfonamides is 1. The van der Waals surface area contributed by atoms with Crippen molar-refractivity contribution in [1.82, 2.24) is 10.2 Å². The maximum Gasteiger partial charge on any atom is 0.264 e. The number of halogens is 1. The first-order valence-corrected chi connectivity index (χ1v) is 15.9. The Morgan fingerprint density at radius 3 is 1.93 bits per heavy atom. The van der Waals surface area contributed by atoms with Gasteiger partial charge in [0, 0.05) is 17.1 Å². The van der Waals surface area contributed by atoms with Crippen molar-refractivity contribution >= 4 is 39.1 Å². The summed E-state index contributed by atoms with van der Waals surface area (Å²) in [5.41, 5.74) is 0.464. The summed E-state index contributed by atoms with van der Waals surface area (Å²) in [7, 11) is -4.18. The Kier molecular flexibility index (Phi) is 10.3. The van der Waals surface area contributed by atoms with Gasteiger partial charge in [0.05, 0.1) is 10.6 Å². The predicted molar refractivity (Wildman–Crippen MR) is 173 cm³/mol. The number of benzene rings is 4. The third-order valence-corrected chi connectivity index (χ3v) is 8.69. The maximum absolute atomic E-state index is 14.1. The van der Waals surface area contributed by atoms with E-state index in [1.54, 1.807) is 73.7 Å². The molecule has 230 valence electrons. The van der Waals surface area contributed by atoms with Crippen LogP contribution in [-0.4, -0.2) is 43.3 Å². The summed E-state index contributed by atoms with van der Waals surface area (Å²) in [5, 5.41) is 3.45. The number of anilines is 1. The van der Waals surface area contributed by atoms with Gasteiger partial charge in [-0.05, 0) is 93.9 Å². The lowest BCUT2D eigenvalue weighted by Crippen LogP contribution is -2.54. The number of nitrogens with one attached hydrogen (secondary N) is 1. The molecule has 10 heteroatoms. The largest absolute Gasteiger partial charge is 0.457 e. The zero-order valence-corrected chi connectivity index (χ0v) is 26.7. The van der Waals surface area contributed by atoms with Crippen LogP contribution in [0.25, 0.3) is 0 Å². The Morgan fingerprint density at radius 1 is 0.818 bits per heavy atom. The molecule has 4 aromatic rings. The second-order valence-corrected chi connectivity index (χ2v) is 13.6. The smallest absolute Gasteiger partial charge is 0.264 e. The van der Waals surface area contributed by atoms with Crippen molar-refractivity contribution in [2.45, 2.75) is 50.7 Å². The van der Waals surface area contributed by atoms with Crippen LogP contribution < -0.4 is 14.4 Å². The number of ether oxygens (including phenoxy) is 1. The number of carbonyl (C=O) groups excluding carboxylic acids is 2. The maximum atomic E-state index is 14.1. The summed E-state index contributed by atoms with van der Waals surface area (Å²) in [6, 6.07) is 29.6. The molecule has 0 aliphatic rings. The van der Waals surface area contributed by atoms with Crippen LogP contribution in [0.1, 0.15) is 33.3 Å². The van der Waals surface area contributed by atoms with Crippen LogP contribution in [-0.2, 0) is 26.2 Å². The molecule has 0 radical (unpaired) electrons. The summed E-state index contributed by atoms with van der Waals surface area (Å²) in [6.45, 7) is 6.70. The first-order valence-electron chi connectivity index (χ1n) is 14.1. The molecule has 1 atom stereocenters. The van der Waals surface area contributed by atoms with Gasteiger partial charge in [0.1, 0.15) is 24.1 Å². The molecule has 1 N–H and O–H groups in total. The van der Waals surface area contributed by atoms with Crippen LogP contribution in [0.4, 0.5) is 5.69 Å². The third-order valence-electron chi connectivity index (χ3n) is 6.65. The Balaban J connectivity index is 1.69. The minimum atomic E-state index is -4.18. The van der Waals surface area contributed by atoms with Gasteiger partial charge in [-0.15, -0.1) is 0 Å². The van der Waals surface area contributed by atoms with E-state index in [0.717, 1.165) is 9.87 Å². The molecule has 4 aromatic carbocycles. The van der Waals surface area contributed by atoms with E-state index in [1.165, 1.54) is 17.0 Å². The summed E-state index contributed by atoms with van der Waals surface area (Å²) < 4.78 is 34.9. The van der Waals surface area contributed by atoms with Crippen LogP contribution in [0, 0.1) is 0 Å². The molecule has 0 aliphatic carbocycles. The lowest BCUT2D eigenvalue weighted by atomic mass is 10.1. The molecule has 0 saturated heterocycles. The van der Waals surface area contributed by atoms with Gasteiger partial charge in [0.15, 0.2) is 0 Å². The standard InChI is InChI=1S/C34H36ClN3O5S/c1-25(33(40)36-34(2,3)4)37(23-26-15-17-27(35)18-16-26)32(39)24-38(44(41,42)31-13-9-6-10-14-31)28-19-21-30(22-20-28)43-29-11-7-5-8-12-29/h5-22,25H,23-24H2,1-4H3,(H,36,40)/t25-/m1/s1. The predicted octanol–water partition coefficient (Wildman–Crippen LogP) is 6.66. The van der Waals surface area contributed by atoms with Crippen LogP contribution in [0.15, 0.2) is 114 Å². The van der Waals surface area contributed by atoms with E-state index in [1.807, 2.05) is 51.1 Å². The van der Waals surface area contributed by atoms with Gasteiger partial charge >= 0.3 is 0 Å². The van der Waals surface area contributed by atoms with E-state index in [2.05, 4.69) is 5.32 Å². The van der Waals surface area contributed by atoms with Gasteiger partial charge in [0.2, 0.25) is 11.8 Å². The van der Waals surface area contributed by atoms with E-state index in [-0.39, 0.29) is 23.0 Å². The number of carbonyl (C=O) groups is 2. The minimum Gasteiger partial charge on any atom is -0.457 e. The van der Waals surface area contributed by atoms with Gasteiger partial charge in [-0.1, -0.05) is 60.1 Å². The van der Waals surface area contributed by atoms with Gasteiger partial charge in [0.25, 0.3) is 10.0 Å². The molecule has 0 aliphatic heterocycles. The van der Waals surface area contributed by atoms with Crippen molar-refractivity contribution in [1.29, 1.82) is 0 Å². The summed E-state index contributed by atoms with van der Waals surface area (Å²) in [6.07, 6.45) is 0. The van der Waals surface area contributed by atoms with Crippen molar-refractivity contribution in [3.8, 4) is 11.5 Å². The summed E-state index contributed by atoms with van der Waals surface area (Å²) >= 11 is 6.07. The number of rotatable bonds is 11. The Morgan fingerprint density at radius 2 is 1.36 bits per heavy atom. The quantitative estimate of drug-likeness (QED) is 0.199. The van der Waals surface area contributed by atoms with Gasteiger partial charge in [-0.2, -0.15) is 0 Å². The van der Waals surface area contributed by atoms with Crippen molar-refractivity contribution in [3.63, 3.8) is 0 Å². The summed E-state index contributed by atoms with van der Waals surface area (Å²) in [5.74, 6) is 0.213. The Hall–Kier alpha value is -4.34. The fraction of sp³-hybridized carbons (Fsp3) is 0.235. The lowest BCUT2D eigenvalue weighted by Gasteiger charge is -2.33. The molecule has 0 fully saturated rings. The monoisotopic (exact) mass is 633 g/mol. The molecule has 0 spiro atoms. The molecule has 0 aromatic heterocycles. The van der Waals surface area contributed by atoms with Gasteiger partial charge in [-0.3, -0.25) is 13.9 Å². The van der Waals surface area contributed by atoms with Crippen molar-refractivity contribution in [3.05, 3.63) is 120 Å². The number of hydrogen-bond acceptors (Lipinski definition) is 5. The molecule has 4 rings (SSSR count). The Bertz CT molecular complexity index is 1660. The summed E-state index contributed by atoms with van der Waals surface area (Å²) in [4.78, 5) is 28.7. The first-order chi connectivity index (χ1) is 20.8. The molecule has 0 heterocycles. The highest BCUT2D eigenvalue weighted by molar-refractivity contribution is 7.92. The lowest BCUT2D eigenvalue weighted by molar-refractivity contribution is -0.140. The highest BCUT2D eigenvalue weighted by atomic mass is 35.5. The molecule has 0 bridgehead atoms. The topological polar surface area (TPSA) is 96.0 Å². The first kappa shape index (κ1) is 32.6. The van der Waals surface area contributed by atoms with E-state index in [9.17, 15) is 18.0 Å². The van der Waals surface area contributed by atoms with E-state index < -0.39 is 34.1 Å². The van der Waals surface area contributed by atoms with Crippen LogP contribution in [0.2, 0.25) is 5.02 Å². The zero-order valence-electron chi connectivity index (χ0n) is 25.1. The molecular weight excluding hydrogens is 598 g/mol.